The van der Waals surface area contributed by atoms with E-state index in [1.807, 2.05) is 0 Å². The van der Waals surface area contributed by atoms with Crippen molar-refractivity contribution in [1.29, 1.82) is 0 Å². The summed E-state index contributed by atoms with van der Waals surface area (Å²) in [7, 11) is 1.26. The van der Waals surface area contributed by atoms with E-state index < -0.39 is 17.9 Å². The minimum Gasteiger partial charge on any atom is -0.469 e. The van der Waals surface area contributed by atoms with Gasteiger partial charge in [-0.05, 0) is 27.2 Å². The Morgan fingerprint density at radius 1 is 1.19 bits per heavy atom. The van der Waals surface area contributed by atoms with Crippen LogP contribution in [0.15, 0.2) is 0 Å². The minimum atomic E-state index is -0.874. The summed E-state index contributed by atoms with van der Waals surface area (Å²) in [6.45, 7) is 4.72. The molecule has 0 aliphatic rings. The number of carbonyl (C=O) groups excluding carboxylic acids is 3. The van der Waals surface area contributed by atoms with Crippen LogP contribution < -0.4 is 0 Å². The zero-order valence-electron chi connectivity index (χ0n) is 10.1. The van der Waals surface area contributed by atoms with Gasteiger partial charge in [-0.25, -0.2) is 0 Å². The summed E-state index contributed by atoms with van der Waals surface area (Å²) in [6.07, 6.45) is -0.103. The molecular weight excluding hydrogens is 212 g/mol. The van der Waals surface area contributed by atoms with Crippen LogP contribution in [0, 0.1) is 5.92 Å². The highest BCUT2D eigenvalue weighted by molar-refractivity contribution is 5.98. The van der Waals surface area contributed by atoms with Crippen molar-refractivity contribution in [2.45, 2.75) is 39.7 Å². The summed E-state index contributed by atoms with van der Waals surface area (Å²) in [5.74, 6) is -2.19. The van der Waals surface area contributed by atoms with Crippen LogP contribution in [0.3, 0.4) is 0 Å². The van der Waals surface area contributed by atoms with Gasteiger partial charge in [0.2, 0.25) is 0 Å². The summed E-state index contributed by atoms with van der Waals surface area (Å²) in [5.41, 5.74) is 0. The summed E-state index contributed by atoms with van der Waals surface area (Å²) in [5, 5.41) is 0. The highest BCUT2D eigenvalue weighted by Crippen LogP contribution is 2.12. The fourth-order valence-corrected chi connectivity index (χ4v) is 1.17. The molecule has 5 nitrogen and oxygen atoms in total. The fourth-order valence-electron chi connectivity index (χ4n) is 1.17. The number of Topliss-reactive ketones (excluding diaryl/α,β-unsaturated/α-hetero) is 1. The van der Waals surface area contributed by atoms with E-state index in [4.69, 9.17) is 4.74 Å². The van der Waals surface area contributed by atoms with Gasteiger partial charge in [-0.3, -0.25) is 14.4 Å². The number of methoxy groups -OCH3 is 1. The standard InChI is InChI=1S/C11H18O5/c1-7(2)16-11(14)9(8(3)12)5-6-10(13)15-4/h7,9H,5-6H2,1-4H3. The van der Waals surface area contributed by atoms with Gasteiger partial charge in [-0.15, -0.1) is 0 Å². The average molecular weight is 230 g/mol. The molecule has 0 amide bonds. The molecule has 0 aliphatic heterocycles. The Balaban J connectivity index is 4.33. The van der Waals surface area contributed by atoms with Crippen LogP contribution in [0.1, 0.15) is 33.6 Å². The quantitative estimate of drug-likeness (QED) is 0.504. The molecule has 1 unspecified atom stereocenters. The van der Waals surface area contributed by atoms with Gasteiger partial charge in [0, 0.05) is 6.42 Å². The second kappa shape index (κ2) is 6.98. The lowest BCUT2D eigenvalue weighted by molar-refractivity contribution is -0.155. The first-order valence-electron chi connectivity index (χ1n) is 5.16. The molecule has 0 spiro atoms. The molecule has 0 bridgehead atoms. The van der Waals surface area contributed by atoms with E-state index in [9.17, 15) is 14.4 Å². The van der Waals surface area contributed by atoms with E-state index in [-0.39, 0.29) is 24.7 Å². The molecule has 0 heterocycles. The molecule has 0 radical (unpaired) electrons. The van der Waals surface area contributed by atoms with Crippen molar-refractivity contribution in [3.8, 4) is 0 Å². The van der Waals surface area contributed by atoms with E-state index in [1.54, 1.807) is 13.8 Å². The molecule has 92 valence electrons. The molecule has 1 atom stereocenters. The molecule has 0 saturated carbocycles. The smallest absolute Gasteiger partial charge is 0.316 e. The minimum absolute atomic E-state index is 0.0357. The molecule has 0 rings (SSSR count). The number of carbonyl (C=O) groups is 3. The number of hydrogen-bond donors (Lipinski definition) is 0. The van der Waals surface area contributed by atoms with Crippen LogP contribution in [0.25, 0.3) is 0 Å². The van der Waals surface area contributed by atoms with Gasteiger partial charge < -0.3 is 9.47 Å². The fraction of sp³-hybridized carbons (Fsp3) is 0.727. The molecule has 0 aliphatic carbocycles. The first-order valence-corrected chi connectivity index (χ1v) is 5.16. The van der Waals surface area contributed by atoms with Gasteiger partial charge in [0.15, 0.2) is 0 Å². The Kier molecular flexibility index (Phi) is 6.37. The zero-order valence-corrected chi connectivity index (χ0v) is 10.1. The van der Waals surface area contributed by atoms with Gasteiger partial charge in [-0.1, -0.05) is 0 Å². The maximum atomic E-state index is 11.5. The predicted octanol–water partition coefficient (Wildman–Crippen LogP) is 1.10. The van der Waals surface area contributed by atoms with Crippen LogP contribution in [0.5, 0.6) is 0 Å². The van der Waals surface area contributed by atoms with Crippen LogP contribution in [0.4, 0.5) is 0 Å². The third-order valence-corrected chi connectivity index (χ3v) is 1.99. The Hall–Kier alpha value is -1.39. The van der Waals surface area contributed by atoms with E-state index in [0.717, 1.165) is 0 Å². The lowest BCUT2D eigenvalue weighted by Gasteiger charge is -2.14. The van der Waals surface area contributed by atoms with Crippen molar-refractivity contribution in [1.82, 2.24) is 0 Å². The molecule has 0 aromatic carbocycles. The molecule has 0 saturated heterocycles. The second-order valence-corrected chi connectivity index (χ2v) is 3.76. The second-order valence-electron chi connectivity index (χ2n) is 3.76. The first-order chi connectivity index (χ1) is 7.38. The van der Waals surface area contributed by atoms with Crippen molar-refractivity contribution in [3.05, 3.63) is 0 Å². The van der Waals surface area contributed by atoms with Gasteiger partial charge in [-0.2, -0.15) is 0 Å². The van der Waals surface area contributed by atoms with E-state index in [2.05, 4.69) is 4.74 Å². The lowest BCUT2D eigenvalue weighted by Crippen LogP contribution is -2.27. The van der Waals surface area contributed by atoms with Crippen molar-refractivity contribution in [2.75, 3.05) is 7.11 Å². The Morgan fingerprint density at radius 3 is 2.12 bits per heavy atom. The van der Waals surface area contributed by atoms with Gasteiger partial charge in [0.1, 0.15) is 11.7 Å². The maximum Gasteiger partial charge on any atom is 0.316 e. The monoisotopic (exact) mass is 230 g/mol. The number of rotatable bonds is 6. The van der Waals surface area contributed by atoms with Crippen molar-refractivity contribution in [3.63, 3.8) is 0 Å². The van der Waals surface area contributed by atoms with Crippen molar-refractivity contribution < 1.29 is 23.9 Å². The van der Waals surface area contributed by atoms with E-state index in [0.29, 0.717) is 0 Å². The maximum absolute atomic E-state index is 11.5. The largest absolute Gasteiger partial charge is 0.469 e. The van der Waals surface area contributed by atoms with Gasteiger partial charge in [0.25, 0.3) is 0 Å². The number of ether oxygens (including phenoxy) is 2. The summed E-state index contributed by atoms with van der Waals surface area (Å²) >= 11 is 0. The van der Waals surface area contributed by atoms with E-state index >= 15 is 0 Å². The Bertz CT molecular complexity index is 270. The third kappa shape index (κ3) is 5.48. The number of hydrogen-bond acceptors (Lipinski definition) is 5. The highest BCUT2D eigenvalue weighted by Gasteiger charge is 2.26. The molecule has 5 heteroatoms. The van der Waals surface area contributed by atoms with Crippen LogP contribution in [-0.4, -0.2) is 30.9 Å². The van der Waals surface area contributed by atoms with Crippen molar-refractivity contribution >= 4 is 17.7 Å². The molecular formula is C11H18O5. The Morgan fingerprint density at radius 2 is 1.75 bits per heavy atom. The predicted molar refractivity (Wildman–Crippen MR) is 56.6 cm³/mol. The average Bonchev–Trinajstić information content (AvgIpc) is 2.15. The van der Waals surface area contributed by atoms with Gasteiger partial charge >= 0.3 is 11.9 Å². The first kappa shape index (κ1) is 14.6. The van der Waals surface area contributed by atoms with Crippen molar-refractivity contribution in [2.24, 2.45) is 5.92 Å². The van der Waals surface area contributed by atoms with E-state index in [1.165, 1.54) is 14.0 Å². The van der Waals surface area contributed by atoms with Crippen LogP contribution in [0.2, 0.25) is 0 Å². The number of esters is 2. The van der Waals surface area contributed by atoms with Gasteiger partial charge in [0.05, 0.1) is 13.2 Å². The summed E-state index contributed by atoms with van der Waals surface area (Å²) in [4.78, 5) is 33.6. The van der Waals surface area contributed by atoms with Crippen LogP contribution >= 0.6 is 0 Å². The SMILES string of the molecule is COC(=O)CCC(C(C)=O)C(=O)OC(C)C. The Labute approximate surface area is 95.1 Å². The topological polar surface area (TPSA) is 69.7 Å². The summed E-state index contributed by atoms with van der Waals surface area (Å²) < 4.78 is 9.37. The molecule has 0 N–H and O–H groups in total. The summed E-state index contributed by atoms with van der Waals surface area (Å²) in [6, 6.07) is 0. The molecule has 0 fully saturated rings. The lowest BCUT2D eigenvalue weighted by atomic mass is 9.99. The third-order valence-electron chi connectivity index (χ3n) is 1.99. The molecule has 0 aromatic rings. The normalized spacial score (nSPS) is 12.1. The number of ketones is 1. The van der Waals surface area contributed by atoms with Crippen LogP contribution in [-0.2, 0) is 23.9 Å². The molecule has 16 heavy (non-hydrogen) atoms. The highest BCUT2D eigenvalue weighted by atomic mass is 16.5. The zero-order chi connectivity index (χ0) is 12.7. The molecule has 0 aromatic heterocycles.